The van der Waals surface area contributed by atoms with Gasteiger partial charge in [0.2, 0.25) is 0 Å². The number of carbonyl (C=O) groups is 2. The van der Waals surface area contributed by atoms with E-state index in [4.69, 9.17) is 0 Å². The third-order valence-corrected chi connectivity index (χ3v) is 7.03. The highest BCUT2D eigenvalue weighted by atomic mass is 32.1. The van der Waals surface area contributed by atoms with Gasteiger partial charge in [0.1, 0.15) is 11.8 Å². The monoisotopic (exact) mass is 500 g/mol. The molecule has 180 valence electrons. The highest BCUT2D eigenvalue weighted by Crippen LogP contribution is 2.44. The Kier molecular flexibility index (Phi) is 5.81. The molecule has 3 heterocycles. The van der Waals surface area contributed by atoms with E-state index >= 15 is 0 Å². The van der Waals surface area contributed by atoms with Crippen LogP contribution in [0.1, 0.15) is 42.6 Å². The fourth-order valence-electron chi connectivity index (χ4n) is 4.16. The van der Waals surface area contributed by atoms with Crippen LogP contribution >= 0.6 is 11.3 Å². The number of aromatic nitrogens is 2. The van der Waals surface area contributed by atoms with Crippen LogP contribution in [0.15, 0.2) is 72.4 Å². The summed E-state index contributed by atoms with van der Waals surface area (Å²) in [6.45, 7) is 4.16. The van der Waals surface area contributed by atoms with Crippen molar-refractivity contribution in [2.75, 3.05) is 4.90 Å². The van der Waals surface area contributed by atoms with E-state index in [1.54, 1.807) is 18.2 Å². The van der Waals surface area contributed by atoms with Crippen molar-refractivity contribution in [3.8, 4) is 0 Å². The molecule has 0 radical (unpaired) electrons. The van der Waals surface area contributed by atoms with Gasteiger partial charge < -0.3 is 5.11 Å². The van der Waals surface area contributed by atoms with Crippen LogP contribution in [0, 0.1) is 10.1 Å². The van der Waals surface area contributed by atoms with Crippen LogP contribution in [0.2, 0.25) is 0 Å². The lowest BCUT2D eigenvalue weighted by molar-refractivity contribution is -0.384. The minimum absolute atomic E-state index is 0.0500. The second-order valence-corrected chi connectivity index (χ2v) is 9.62. The Labute approximate surface area is 209 Å². The lowest BCUT2D eigenvalue weighted by Gasteiger charge is -2.21. The number of hydrogen-bond acceptors (Lipinski definition) is 8. The summed E-state index contributed by atoms with van der Waals surface area (Å²) in [7, 11) is 0. The molecule has 0 aliphatic carbocycles. The molecule has 1 N–H and O–H groups in total. The zero-order valence-electron chi connectivity index (χ0n) is 19.3. The summed E-state index contributed by atoms with van der Waals surface area (Å²) in [5, 5.41) is 22.7. The Morgan fingerprint density at radius 2 is 1.92 bits per heavy atom. The summed E-state index contributed by atoms with van der Waals surface area (Å²) < 4.78 is 0.858. The number of non-ortho nitro benzene ring substituents is 1. The first-order chi connectivity index (χ1) is 17.3. The highest BCUT2D eigenvalue weighted by Gasteiger charge is 2.48. The maximum absolute atomic E-state index is 13.3. The molecule has 2 aromatic heterocycles. The van der Waals surface area contributed by atoms with Crippen molar-refractivity contribution >= 4 is 49.8 Å². The molecule has 9 nitrogen and oxygen atoms in total. The molecule has 1 aliphatic rings. The number of amides is 1. The second-order valence-electron chi connectivity index (χ2n) is 8.61. The van der Waals surface area contributed by atoms with Crippen molar-refractivity contribution in [2.24, 2.45) is 0 Å². The largest absolute Gasteiger partial charge is 0.507 e. The summed E-state index contributed by atoms with van der Waals surface area (Å²) in [4.78, 5) is 47.4. The molecule has 10 heteroatoms. The maximum atomic E-state index is 13.3. The Bertz CT molecular complexity index is 1560. The van der Waals surface area contributed by atoms with Crippen LogP contribution in [-0.4, -0.2) is 31.7 Å². The third-order valence-electron chi connectivity index (χ3n) is 6.02. The van der Waals surface area contributed by atoms with Crippen LogP contribution in [0.25, 0.3) is 16.0 Å². The quantitative estimate of drug-likeness (QED) is 0.129. The summed E-state index contributed by atoms with van der Waals surface area (Å²) in [5.41, 5.74) is 1.74. The van der Waals surface area contributed by atoms with Crippen LogP contribution in [0.3, 0.4) is 0 Å². The molecule has 5 rings (SSSR count). The van der Waals surface area contributed by atoms with E-state index < -0.39 is 28.4 Å². The molecule has 1 saturated heterocycles. The van der Waals surface area contributed by atoms with Crippen LogP contribution in [-0.2, 0) is 9.59 Å². The van der Waals surface area contributed by atoms with E-state index in [-0.39, 0.29) is 16.8 Å². The number of ketones is 1. The van der Waals surface area contributed by atoms with Crippen molar-refractivity contribution in [2.45, 2.75) is 25.8 Å². The van der Waals surface area contributed by atoms with Gasteiger partial charge in [-0.05, 0) is 35.7 Å². The number of pyridine rings is 1. The van der Waals surface area contributed by atoms with Crippen molar-refractivity contribution in [3.63, 3.8) is 0 Å². The number of carbonyl (C=O) groups excluding carboxylic acids is 2. The number of nitro benzene ring substituents is 1. The van der Waals surface area contributed by atoms with Crippen molar-refractivity contribution < 1.29 is 19.6 Å². The van der Waals surface area contributed by atoms with E-state index in [9.17, 15) is 24.8 Å². The molecular formula is C26H20N4O5S. The molecular weight excluding hydrogens is 480 g/mol. The minimum atomic E-state index is -1.06. The number of benzene rings is 2. The topological polar surface area (TPSA) is 127 Å². The van der Waals surface area contributed by atoms with Gasteiger partial charge in [-0.1, -0.05) is 49.4 Å². The van der Waals surface area contributed by atoms with Gasteiger partial charge in [-0.3, -0.25) is 29.6 Å². The summed E-state index contributed by atoms with van der Waals surface area (Å²) in [6, 6.07) is 15.1. The molecule has 1 amide bonds. The normalized spacial score (nSPS) is 17.3. The zero-order chi connectivity index (χ0) is 25.6. The number of aliphatic hydroxyl groups is 1. The predicted molar refractivity (Wildman–Crippen MR) is 136 cm³/mol. The predicted octanol–water partition coefficient (Wildman–Crippen LogP) is 5.35. The average molecular weight is 501 g/mol. The molecule has 0 saturated carbocycles. The third kappa shape index (κ3) is 3.91. The lowest BCUT2D eigenvalue weighted by atomic mass is 9.98. The summed E-state index contributed by atoms with van der Waals surface area (Å²) >= 11 is 1.27. The van der Waals surface area contributed by atoms with Gasteiger partial charge in [0.05, 0.1) is 26.4 Å². The first-order valence-corrected chi connectivity index (χ1v) is 11.9. The Morgan fingerprint density at radius 1 is 1.11 bits per heavy atom. The number of anilines is 1. The SMILES string of the molecule is CC(C)c1ccc2nc(N3C(=O)C(=O)/C(=C(/O)c4cccc([N+](=O)[O-])c4)C3c3ccccn3)sc2c1. The van der Waals surface area contributed by atoms with E-state index in [0.717, 1.165) is 16.3 Å². The summed E-state index contributed by atoms with van der Waals surface area (Å²) in [5.74, 6) is -1.99. The van der Waals surface area contributed by atoms with Gasteiger partial charge in [0, 0.05) is 23.9 Å². The van der Waals surface area contributed by atoms with Gasteiger partial charge in [-0.25, -0.2) is 4.98 Å². The molecule has 1 unspecified atom stereocenters. The lowest BCUT2D eigenvalue weighted by Crippen LogP contribution is -2.29. The van der Waals surface area contributed by atoms with Gasteiger partial charge in [-0.15, -0.1) is 0 Å². The second kappa shape index (κ2) is 8.97. The van der Waals surface area contributed by atoms with Crippen LogP contribution < -0.4 is 4.90 Å². The number of nitrogens with zero attached hydrogens (tertiary/aromatic N) is 4. The van der Waals surface area contributed by atoms with Crippen LogP contribution in [0.5, 0.6) is 0 Å². The molecule has 1 aliphatic heterocycles. The Morgan fingerprint density at radius 3 is 2.61 bits per heavy atom. The number of hydrogen-bond donors (Lipinski definition) is 1. The number of Topliss-reactive ketones (excluding diaryl/α,β-unsaturated/α-hetero) is 1. The first-order valence-electron chi connectivity index (χ1n) is 11.1. The fraction of sp³-hybridized carbons (Fsp3) is 0.154. The van der Waals surface area contributed by atoms with E-state index in [1.165, 1.54) is 40.6 Å². The van der Waals surface area contributed by atoms with Gasteiger partial charge in [-0.2, -0.15) is 0 Å². The summed E-state index contributed by atoms with van der Waals surface area (Å²) in [6.07, 6.45) is 1.52. The van der Waals surface area contributed by atoms with Crippen molar-refractivity contribution in [3.05, 3.63) is 99.4 Å². The van der Waals surface area contributed by atoms with Crippen molar-refractivity contribution in [1.82, 2.24) is 9.97 Å². The maximum Gasteiger partial charge on any atom is 0.301 e. The smallest absolute Gasteiger partial charge is 0.301 e. The number of rotatable bonds is 5. The highest BCUT2D eigenvalue weighted by molar-refractivity contribution is 7.22. The van der Waals surface area contributed by atoms with E-state index in [1.807, 2.05) is 18.2 Å². The minimum Gasteiger partial charge on any atom is -0.507 e. The number of fused-ring (bicyclic) bond motifs is 1. The van der Waals surface area contributed by atoms with E-state index in [2.05, 4.69) is 23.8 Å². The number of aliphatic hydroxyl groups excluding tert-OH is 1. The van der Waals surface area contributed by atoms with E-state index in [0.29, 0.717) is 22.3 Å². The Balaban J connectivity index is 1.70. The Hall–Kier alpha value is -4.44. The van der Waals surface area contributed by atoms with Gasteiger partial charge in [0.15, 0.2) is 5.13 Å². The number of thiazole rings is 1. The molecule has 1 fully saturated rings. The first kappa shape index (κ1) is 23.3. The average Bonchev–Trinajstić information content (AvgIpc) is 3.41. The molecule has 0 spiro atoms. The number of nitro groups is 1. The fourth-order valence-corrected chi connectivity index (χ4v) is 5.20. The standard InChI is InChI=1S/C26H20N4O5S/c1-14(2)15-9-10-18-20(13-15)36-26(28-18)29-22(19-8-3-4-11-27-19)21(24(32)25(29)33)23(31)16-6-5-7-17(12-16)30(34)35/h3-14,22,31H,1-2H3/b23-21+. The molecule has 36 heavy (non-hydrogen) atoms. The molecule has 0 bridgehead atoms. The molecule has 1 atom stereocenters. The zero-order valence-corrected chi connectivity index (χ0v) is 20.1. The van der Waals surface area contributed by atoms with Gasteiger partial charge in [0.25, 0.3) is 11.5 Å². The van der Waals surface area contributed by atoms with Crippen LogP contribution in [0.4, 0.5) is 10.8 Å². The molecule has 4 aromatic rings. The van der Waals surface area contributed by atoms with Crippen molar-refractivity contribution in [1.29, 1.82) is 0 Å². The molecule has 2 aromatic carbocycles. The van der Waals surface area contributed by atoms with Gasteiger partial charge >= 0.3 is 5.91 Å².